The molecule has 6 nitrogen and oxygen atoms in total. The first-order valence-corrected chi connectivity index (χ1v) is 6.53. The van der Waals surface area contributed by atoms with Crippen molar-refractivity contribution in [1.82, 2.24) is 20.5 Å². The first-order chi connectivity index (χ1) is 9.13. The Morgan fingerprint density at radius 3 is 3.00 bits per heavy atom. The van der Waals surface area contributed by atoms with Gasteiger partial charge in [-0.05, 0) is 32.0 Å². The zero-order chi connectivity index (χ0) is 13.8. The molecule has 2 rings (SSSR count). The Bertz CT molecular complexity index is 597. The summed E-state index contributed by atoms with van der Waals surface area (Å²) >= 11 is 3.39. The molecule has 0 aliphatic heterocycles. The third kappa shape index (κ3) is 2.99. The highest BCUT2D eigenvalue weighted by atomic mass is 79.9. The molecule has 2 aromatic rings. The van der Waals surface area contributed by atoms with Crippen LogP contribution in [0.15, 0.2) is 28.7 Å². The molecule has 0 unspecified atom stereocenters. The second-order valence-electron chi connectivity index (χ2n) is 3.78. The molecule has 0 aliphatic rings. The molecule has 0 bridgehead atoms. The van der Waals surface area contributed by atoms with E-state index in [1.54, 1.807) is 18.5 Å². The summed E-state index contributed by atoms with van der Waals surface area (Å²) in [4.78, 5) is 16.6. The number of rotatable bonds is 4. The lowest BCUT2D eigenvalue weighted by molar-refractivity contribution is 0.0359. The summed E-state index contributed by atoms with van der Waals surface area (Å²) in [6, 6.07) is 7.58. The van der Waals surface area contributed by atoms with E-state index in [4.69, 9.17) is 4.84 Å². The maximum Gasteiger partial charge on any atom is 0.297 e. The van der Waals surface area contributed by atoms with Crippen LogP contribution in [0.2, 0.25) is 0 Å². The second kappa shape index (κ2) is 5.94. The molecule has 1 aromatic heterocycles. The van der Waals surface area contributed by atoms with Gasteiger partial charge in [-0.25, -0.2) is 10.2 Å². The van der Waals surface area contributed by atoms with Crippen LogP contribution in [0, 0.1) is 6.92 Å². The minimum absolute atomic E-state index is 0.244. The predicted molar refractivity (Wildman–Crippen MR) is 72.9 cm³/mol. The molecule has 1 aromatic carbocycles. The number of hydrogen-bond donors (Lipinski definition) is 1. The lowest BCUT2D eigenvalue weighted by Gasteiger charge is -2.04. The van der Waals surface area contributed by atoms with Gasteiger partial charge >= 0.3 is 0 Å². The molecule has 0 fully saturated rings. The minimum atomic E-state index is -0.402. The van der Waals surface area contributed by atoms with E-state index in [-0.39, 0.29) is 5.69 Å². The minimum Gasteiger partial charge on any atom is -0.274 e. The largest absolute Gasteiger partial charge is 0.297 e. The molecule has 0 radical (unpaired) electrons. The van der Waals surface area contributed by atoms with Crippen molar-refractivity contribution in [3.05, 3.63) is 40.1 Å². The third-order valence-corrected chi connectivity index (χ3v) is 2.96. The molecule has 0 aliphatic carbocycles. The van der Waals surface area contributed by atoms with Gasteiger partial charge < -0.3 is 0 Å². The van der Waals surface area contributed by atoms with Gasteiger partial charge in [0.15, 0.2) is 5.69 Å². The summed E-state index contributed by atoms with van der Waals surface area (Å²) in [7, 11) is 0. The number of hydrogen-bond acceptors (Lipinski definition) is 4. The summed E-state index contributed by atoms with van der Waals surface area (Å²) in [5.41, 5.74) is 4.02. The standard InChI is InChI=1S/C12H13BrN4O2/c1-3-19-15-12(18)11-8(2)17(16-14-11)10-6-4-5-9(13)7-10/h4-7H,3H2,1-2H3,(H,15,18). The van der Waals surface area contributed by atoms with Gasteiger partial charge in [-0.3, -0.25) is 9.63 Å². The third-order valence-electron chi connectivity index (χ3n) is 2.47. The van der Waals surface area contributed by atoms with Gasteiger partial charge in [0.05, 0.1) is 18.0 Å². The van der Waals surface area contributed by atoms with Crippen LogP contribution in [0.5, 0.6) is 0 Å². The van der Waals surface area contributed by atoms with E-state index in [0.29, 0.717) is 12.3 Å². The normalized spacial score (nSPS) is 10.5. The average molecular weight is 325 g/mol. The van der Waals surface area contributed by atoms with Crippen molar-refractivity contribution in [1.29, 1.82) is 0 Å². The van der Waals surface area contributed by atoms with E-state index in [2.05, 4.69) is 31.7 Å². The molecule has 100 valence electrons. The lowest BCUT2D eigenvalue weighted by Crippen LogP contribution is -2.24. The number of carbonyl (C=O) groups excluding carboxylic acids is 1. The summed E-state index contributed by atoms with van der Waals surface area (Å²) in [5, 5.41) is 7.87. The summed E-state index contributed by atoms with van der Waals surface area (Å²) in [6.07, 6.45) is 0. The van der Waals surface area contributed by atoms with Crippen molar-refractivity contribution in [3.63, 3.8) is 0 Å². The van der Waals surface area contributed by atoms with E-state index < -0.39 is 5.91 Å². The fourth-order valence-corrected chi connectivity index (χ4v) is 1.97. The van der Waals surface area contributed by atoms with Crippen LogP contribution >= 0.6 is 15.9 Å². The first-order valence-electron chi connectivity index (χ1n) is 5.74. The number of nitrogens with zero attached hydrogens (tertiary/aromatic N) is 3. The fourth-order valence-electron chi connectivity index (χ4n) is 1.58. The Labute approximate surface area is 118 Å². The van der Waals surface area contributed by atoms with Crippen molar-refractivity contribution in [2.45, 2.75) is 13.8 Å². The summed E-state index contributed by atoms with van der Waals surface area (Å²) in [5.74, 6) is -0.402. The fraction of sp³-hybridized carbons (Fsp3) is 0.250. The highest BCUT2D eigenvalue weighted by molar-refractivity contribution is 9.10. The van der Waals surface area contributed by atoms with E-state index in [1.165, 1.54) is 0 Å². The van der Waals surface area contributed by atoms with Gasteiger partial charge in [-0.1, -0.05) is 27.2 Å². The summed E-state index contributed by atoms with van der Waals surface area (Å²) in [6.45, 7) is 3.96. The Kier molecular flexibility index (Phi) is 4.28. The van der Waals surface area contributed by atoms with E-state index in [9.17, 15) is 4.79 Å². The van der Waals surface area contributed by atoms with Crippen molar-refractivity contribution in [2.24, 2.45) is 0 Å². The topological polar surface area (TPSA) is 69.0 Å². The number of nitrogens with one attached hydrogen (secondary N) is 1. The molecule has 0 saturated heterocycles. The lowest BCUT2D eigenvalue weighted by atomic mass is 10.3. The molecular weight excluding hydrogens is 312 g/mol. The van der Waals surface area contributed by atoms with Crippen molar-refractivity contribution in [3.8, 4) is 5.69 Å². The molecule has 0 saturated carbocycles. The molecular formula is C12H13BrN4O2. The average Bonchev–Trinajstić information content (AvgIpc) is 2.78. The monoisotopic (exact) mass is 324 g/mol. The SMILES string of the molecule is CCONC(=O)c1nnn(-c2cccc(Br)c2)c1C. The zero-order valence-corrected chi connectivity index (χ0v) is 12.1. The molecule has 0 atom stereocenters. The molecule has 7 heteroatoms. The number of aromatic nitrogens is 3. The Balaban J connectivity index is 2.30. The Morgan fingerprint density at radius 1 is 1.53 bits per heavy atom. The van der Waals surface area contributed by atoms with Gasteiger partial charge in [-0.15, -0.1) is 5.10 Å². The highest BCUT2D eigenvalue weighted by Crippen LogP contribution is 2.17. The van der Waals surface area contributed by atoms with Gasteiger partial charge in [-0.2, -0.15) is 0 Å². The van der Waals surface area contributed by atoms with Crippen LogP contribution < -0.4 is 5.48 Å². The smallest absolute Gasteiger partial charge is 0.274 e. The highest BCUT2D eigenvalue weighted by Gasteiger charge is 2.17. The number of halogens is 1. The molecule has 0 spiro atoms. The van der Waals surface area contributed by atoms with Gasteiger partial charge in [0.1, 0.15) is 0 Å². The number of benzene rings is 1. The maximum absolute atomic E-state index is 11.8. The van der Waals surface area contributed by atoms with Crippen LogP contribution in [0.1, 0.15) is 23.1 Å². The van der Waals surface area contributed by atoms with Crippen molar-refractivity contribution in [2.75, 3.05) is 6.61 Å². The van der Waals surface area contributed by atoms with Gasteiger partial charge in [0, 0.05) is 4.47 Å². The molecule has 19 heavy (non-hydrogen) atoms. The van der Waals surface area contributed by atoms with E-state index in [0.717, 1.165) is 10.2 Å². The van der Waals surface area contributed by atoms with Crippen molar-refractivity contribution >= 4 is 21.8 Å². The Hall–Kier alpha value is -1.73. The molecule has 1 amide bonds. The quantitative estimate of drug-likeness (QED) is 0.873. The molecule has 1 N–H and O–H groups in total. The van der Waals surface area contributed by atoms with Crippen LogP contribution in [0.25, 0.3) is 5.69 Å². The van der Waals surface area contributed by atoms with Crippen molar-refractivity contribution < 1.29 is 9.63 Å². The van der Waals surface area contributed by atoms with Crippen LogP contribution in [0.3, 0.4) is 0 Å². The number of amides is 1. The second-order valence-corrected chi connectivity index (χ2v) is 4.70. The molecule has 1 heterocycles. The van der Waals surface area contributed by atoms with E-state index >= 15 is 0 Å². The number of carbonyl (C=O) groups is 1. The number of hydroxylamine groups is 1. The zero-order valence-electron chi connectivity index (χ0n) is 10.6. The van der Waals surface area contributed by atoms with Gasteiger partial charge in [0.25, 0.3) is 5.91 Å². The predicted octanol–water partition coefficient (Wildman–Crippen LogP) is 2.02. The van der Waals surface area contributed by atoms with Gasteiger partial charge in [0.2, 0.25) is 0 Å². The maximum atomic E-state index is 11.8. The van der Waals surface area contributed by atoms with Crippen LogP contribution in [-0.2, 0) is 4.84 Å². The van der Waals surface area contributed by atoms with Crippen LogP contribution in [-0.4, -0.2) is 27.5 Å². The van der Waals surface area contributed by atoms with Crippen LogP contribution in [0.4, 0.5) is 0 Å². The first kappa shape index (κ1) is 13.7. The Morgan fingerprint density at radius 2 is 2.32 bits per heavy atom. The summed E-state index contributed by atoms with van der Waals surface area (Å²) < 4.78 is 2.53. The van der Waals surface area contributed by atoms with E-state index in [1.807, 2.05) is 24.3 Å².